The number of hydrogen-bond donors (Lipinski definition) is 1. The number of carbonyl (C=O) groups is 1. The number of methoxy groups -OCH3 is 1. The largest absolute Gasteiger partial charge is 0.496 e. The lowest BCUT2D eigenvalue weighted by Gasteiger charge is -2.05. The van der Waals surface area contributed by atoms with Crippen LogP contribution >= 0.6 is 23.4 Å². The molecule has 0 unspecified atom stereocenters. The van der Waals surface area contributed by atoms with Crippen molar-refractivity contribution < 1.29 is 23.8 Å². The van der Waals surface area contributed by atoms with Gasteiger partial charge in [0.1, 0.15) is 16.4 Å². The van der Waals surface area contributed by atoms with E-state index in [1.807, 2.05) is 6.92 Å². The van der Waals surface area contributed by atoms with E-state index in [0.717, 1.165) is 23.9 Å². The van der Waals surface area contributed by atoms with Crippen LogP contribution in [-0.4, -0.2) is 35.0 Å². The normalized spacial score (nSPS) is 11.4. The lowest BCUT2D eigenvalue weighted by atomic mass is 10.2. The molecule has 3 aromatic rings. The quantitative estimate of drug-likeness (QED) is 0.344. The van der Waals surface area contributed by atoms with Gasteiger partial charge < -0.3 is 19.0 Å². The first-order valence-corrected chi connectivity index (χ1v) is 10.2. The standard InChI is InChI=1S/C21H19ClN2O5S/c1-3-10-28-15-7-4-13(5-8-15)11-18(20(25)26)30-21-24-23-19(29-21)16-12-14(22)6-9-17(16)27-2/h4-9,11-12H,3,10H2,1-2H3,(H,25,26)/b18-11+. The van der Waals surface area contributed by atoms with Crippen LogP contribution in [0.2, 0.25) is 5.02 Å². The van der Waals surface area contributed by atoms with Gasteiger partial charge in [-0.25, -0.2) is 4.79 Å². The Balaban J connectivity index is 1.80. The van der Waals surface area contributed by atoms with Crippen LogP contribution in [0.5, 0.6) is 11.5 Å². The molecule has 3 rings (SSSR count). The third-order valence-electron chi connectivity index (χ3n) is 3.86. The molecule has 1 heterocycles. The number of ether oxygens (including phenoxy) is 2. The Morgan fingerprint density at radius 1 is 1.23 bits per heavy atom. The molecule has 0 aliphatic rings. The summed E-state index contributed by atoms with van der Waals surface area (Å²) in [6, 6.07) is 12.2. The number of benzene rings is 2. The third kappa shape index (κ3) is 5.55. The topological polar surface area (TPSA) is 94.7 Å². The SMILES string of the molecule is CCCOc1ccc(/C=C(/Sc2nnc(-c3cc(Cl)ccc3OC)o2)C(=O)O)cc1. The molecule has 0 radical (unpaired) electrons. The number of aliphatic carboxylic acids is 1. The highest BCUT2D eigenvalue weighted by atomic mass is 35.5. The van der Waals surface area contributed by atoms with Gasteiger partial charge in [0, 0.05) is 5.02 Å². The molecule has 0 saturated carbocycles. The van der Waals surface area contributed by atoms with E-state index in [9.17, 15) is 9.90 Å². The smallest absolute Gasteiger partial charge is 0.342 e. The van der Waals surface area contributed by atoms with Gasteiger partial charge in [-0.15, -0.1) is 10.2 Å². The summed E-state index contributed by atoms with van der Waals surface area (Å²) < 4.78 is 16.4. The molecule has 7 nitrogen and oxygen atoms in total. The summed E-state index contributed by atoms with van der Waals surface area (Å²) in [5, 5.41) is 18.1. The van der Waals surface area contributed by atoms with E-state index in [0.29, 0.717) is 28.5 Å². The second-order valence-corrected chi connectivity index (χ2v) is 7.48. The van der Waals surface area contributed by atoms with Crippen LogP contribution in [0, 0.1) is 0 Å². The van der Waals surface area contributed by atoms with Gasteiger partial charge in [-0.1, -0.05) is 30.7 Å². The highest BCUT2D eigenvalue weighted by molar-refractivity contribution is 8.03. The Morgan fingerprint density at radius 3 is 2.67 bits per heavy atom. The van der Waals surface area contributed by atoms with Crippen molar-refractivity contribution in [2.24, 2.45) is 0 Å². The molecule has 0 atom stereocenters. The molecule has 0 spiro atoms. The molecule has 0 aliphatic carbocycles. The zero-order valence-electron chi connectivity index (χ0n) is 16.3. The summed E-state index contributed by atoms with van der Waals surface area (Å²) in [6.45, 7) is 2.65. The van der Waals surface area contributed by atoms with Crippen LogP contribution in [0.4, 0.5) is 0 Å². The van der Waals surface area contributed by atoms with E-state index in [-0.39, 0.29) is 16.0 Å². The Kier molecular flexibility index (Phi) is 7.37. The molecule has 0 bridgehead atoms. The zero-order chi connectivity index (χ0) is 21.5. The van der Waals surface area contributed by atoms with Crippen LogP contribution in [0.3, 0.4) is 0 Å². The predicted molar refractivity (Wildman–Crippen MR) is 115 cm³/mol. The van der Waals surface area contributed by atoms with Crippen LogP contribution < -0.4 is 9.47 Å². The number of nitrogens with zero attached hydrogens (tertiary/aromatic N) is 2. The summed E-state index contributed by atoms with van der Waals surface area (Å²) in [5.41, 5.74) is 1.23. The molecule has 0 aliphatic heterocycles. The van der Waals surface area contributed by atoms with E-state index >= 15 is 0 Å². The minimum absolute atomic E-state index is 0.0329. The van der Waals surface area contributed by atoms with E-state index in [2.05, 4.69) is 10.2 Å². The maximum absolute atomic E-state index is 11.7. The van der Waals surface area contributed by atoms with Crippen LogP contribution in [0.15, 0.2) is 57.0 Å². The number of rotatable bonds is 9. The fourth-order valence-electron chi connectivity index (χ4n) is 2.47. The van der Waals surface area contributed by atoms with Gasteiger partial charge in [-0.05, 0) is 60.2 Å². The average molecular weight is 447 g/mol. The molecular weight excluding hydrogens is 428 g/mol. The number of halogens is 1. The fraction of sp³-hybridized carbons (Fsp3) is 0.190. The van der Waals surface area contributed by atoms with E-state index < -0.39 is 5.97 Å². The number of carboxylic acid groups (broad SMARTS) is 1. The molecule has 0 amide bonds. The minimum atomic E-state index is -1.11. The van der Waals surface area contributed by atoms with Crippen LogP contribution in [0.25, 0.3) is 17.5 Å². The van der Waals surface area contributed by atoms with Crippen LogP contribution in [0.1, 0.15) is 18.9 Å². The highest BCUT2D eigenvalue weighted by Gasteiger charge is 2.18. The van der Waals surface area contributed by atoms with Crippen molar-refractivity contribution in [3.63, 3.8) is 0 Å². The lowest BCUT2D eigenvalue weighted by molar-refractivity contribution is -0.131. The number of hydrogen-bond acceptors (Lipinski definition) is 7. The summed E-state index contributed by atoms with van der Waals surface area (Å²) >= 11 is 6.90. The van der Waals surface area contributed by atoms with Crippen molar-refractivity contribution in [1.29, 1.82) is 0 Å². The first-order chi connectivity index (χ1) is 14.5. The third-order valence-corrected chi connectivity index (χ3v) is 4.94. The second-order valence-electron chi connectivity index (χ2n) is 6.05. The van der Waals surface area contributed by atoms with Crippen molar-refractivity contribution in [2.45, 2.75) is 18.6 Å². The van der Waals surface area contributed by atoms with E-state index in [4.69, 9.17) is 25.5 Å². The number of aromatic nitrogens is 2. The highest BCUT2D eigenvalue weighted by Crippen LogP contribution is 2.35. The first-order valence-electron chi connectivity index (χ1n) is 9.03. The van der Waals surface area contributed by atoms with Crippen LogP contribution in [-0.2, 0) is 4.79 Å². The predicted octanol–water partition coefficient (Wildman–Crippen LogP) is 5.41. The second kappa shape index (κ2) is 10.2. The number of carboxylic acids is 1. The van der Waals surface area contributed by atoms with Gasteiger partial charge in [-0.2, -0.15) is 0 Å². The molecule has 2 aromatic carbocycles. The summed E-state index contributed by atoms with van der Waals surface area (Å²) in [6.07, 6.45) is 2.44. The molecule has 0 fully saturated rings. The van der Waals surface area contributed by atoms with Gasteiger partial charge in [0.2, 0.25) is 0 Å². The summed E-state index contributed by atoms with van der Waals surface area (Å²) in [5.74, 6) is 0.319. The fourth-order valence-corrected chi connectivity index (χ4v) is 3.31. The van der Waals surface area contributed by atoms with Gasteiger partial charge in [0.05, 0.1) is 19.3 Å². The van der Waals surface area contributed by atoms with Gasteiger partial charge in [0.15, 0.2) is 0 Å². The zero-order valence-corrected chi connectivity index (χ0v) is 17.9. The van der Waals surface area contributed by atoms with E-state index in [1.165, 1.54) is 13.2 Å². The van der Waals surface area contributed by atoms with Gasteiger partial charge in [-0.3, -0.25) is 0 Å². The summed E-state index contributed by atoms with van der Waals surface area (Å²) in [7, 11) is 1.52. The molecule has 9 heteroatoms. The molecule has 30 heavy (non-hydrogen) atoms. The van der Waals surface area contributed by atoms with Gasteiger partial charge in [0.25, 0.3) is 11.1 Å². The monoisotopic (exact) mass is 446 g/mol. The number of thioether (sulfide) groups is 1. The van der Waals surface area contributed by atoms with Crippen molar-refractivity contribution in [2.75, 3.05) is 13.7 Å². The maximum Gasteiger partial charge on any atom is 0.342 e. The van der Waals surface area contributed by atoms with Crippen molar-refractivity contribution in [1.82, 2.24) is 10.2 Å². The Hall–Kier alpha value is -2.97. The van der Waals surface area contributed by atoms with Crippen molar-refractivity contribution >= 4 is 35.4 Å². The molecular formula is C21H19ClN2O5S. The molecule has 1 N–H and O–H groups in total. The molecule has 0 saturated heterocycles. The first kappa shape index (κ1) is 21.7. The van der Waals surface area contributed by atoms with Gasteiger partial charge >= 0.3 is 5.97 Å². The minimum Gasteiger partial charge on any atom is -0.496 e. The van der Waals surface area contributed by atoms with Crippen molar-refractivity contribution in [3.8, 4) is 23.0 Å². The molecule has 156 valence electrons. The lowest BCUT2D eigenvalue weighted by Crippen LogP contribution is -1.97. The molecule has 1 aromatic heterocycles. The Morgan fingerprint density at radius 2 is 2.00 bits per heavy atom. The Bertz CT molecular complexity index is 1050. The van der Waals surface area contributed by atoms with Crippen molar-refractivity contribution in [3.05, 3.63) is 58.0 Å². The van der Waals surface area contributed by atoms with E-state index in [1.54, 1.807) is 42.5 Å². The summed E-state index contributed by atoms with van der Waals surface area (Å²) in [4.78, 5) is 11.7. The average Bonchev–Trinajstić information content (AvgIpc) is 3.21. The Labute approximate surface area is 182 Å². The maximum atomic E-state index is 11.7.